The molecule has 0 saturated heterocycles. The summed E-state index contributed by atoms with van der Waals surface area (Å²) in [5, 5.41) is 13.0. The molecule has 0 amide bonds. The number of hydrogen-bond acceptors (Lipinski definition) is 3. The third-order valence-corrected chi connectivity index (χ3v) is 10.6. The molecule has 3 aromatic heterocycles. The summed E-state index contributed by atoms with van der Waals surface area (Å²) in [7, 11) is 0. The molecule has 0 N–H and O–H groups in total. The van der Waals surface area contributed by atoms with Crippen molar-refractivity contribution in [3.8, 4) is 33.8 Å². The van der Waals surface area contributed by atoms with Crippen LogP contribution in [0.4, 0.5) is 0 Å². The minimum Gasteiger partial charge on any atom is -0.247 e. The van der Waals surface area contributed by atoms with E-state index >= 15 is 0 Å². The highest BCUT2D eigenvalue weighted by Crippen LogP contribution is 2.45. The summed E-state index contributed by atoms with van der Waals surface area (Å²) in [5.41, 5.74) is 8.94. The van der Waals surface area contributed by atoms with Crippen LogP contribution in [-0.2, 0) is 0 Å². The standard InChI is InChI=1S/C49H29N3/c1-2-12-30(13-3-1)42-28-24-31-22-23-32-25-29-44(51-48(32)47(31)50-42)37-26-27-40(36-17-5-4-14-33(36)37)49-46-39-19-9-7-16-35(39)34-15-6-8-18-38(34)45(46)41-20-10-11-21-43(41)52-49/h1-29H. The maximum absolute atomic E-state index is 5.47. The fourth-order valence-corrected chi connectivity index (χ4v) is 8.24. The van der Waals surface area contributed by atoms with Gasteiger partial charge in [0.2, 0.25) is 0 Å². The predicted molar refractivity (Wildman–Crippen MR) is 219 cm³/mol. The van der Waals surface area contributed by atoms with Crippen molar-refractivity contribution in [3.63, 3.8) is 0 Å². The normalized spacial score (nSPS) is 11.8. The quantitative estimate of drug-likeness (QED) is 0.177. The molecule has 52 heavy (non-hydrogen) atoms. The smallest absolute Gasteiger partial charge is 0.0972 e. The van der Waals surface area contributed by atoms with Crippen molar-refractivity contribution in [2.75, 3.05) is 0 Å². The first-order valence-corrected chi connectivity index (χ1v) is 17.7. The van der Waals surface area contributed by atoms with Gasteiger partial charge in [0.25, 0.3) is 0 Å². The SMILES string of the molecule is c1ccc(-c2ccc3ccc4ccc(-c5ccc(-c6nc7ccccc7c7c8ccccc8c8ccccc8c67)c6ccccc56)nc4c3n2)cc1. The molecule has 0 aliphatic carbocycles. The molecule has 240 valence electrons. The van der Waals surface area contributed by atoms with E-state index in [9.17, 15) is 0 Å². The lowest BCUT2D eigenvalue weighted by Crippen LogP contribution is -1.95. The minimum absolute atomic E-state index is 0.904. The van der Waals surface area contributed by atoms with Gasteiger partial charge in [0.1, 0.15) is 0 Å². The van der Waals surface area contributed by atoms with Crippen LogP contribution in [0.2, 0.25) is 0 Å². The second-order valence-electron chi connectivity index (χ2n) is 13.5. The Morgan fingerprint density at radius 3 is 1.46 bits per heavy atom. The van der Waals surface area contributed by atoms with Gasteiger partial charge < -0.3 is 0 Å². The largest absolute Gasteiger partial charge is 0.247 e. The van der Waals surface area contributed by atoms with Gasteiger partial charge in [-0.1, -0.05) is 158 Å². The first-order valence-electron chi connectivity index (χ1n) is 17.7. The molecule has 3 heteroatoms. The van der Waals surface area contributed by atoms with Gasteiger partial charge in [0, 0.05) is 43.6 Å². The van der Waals surface area contributed by atoms with Gasteiger partial charge in [-0.3, -0.25) is 0 Å². The zero-order valence-corrected chi connectivity index (χ0v) is 28.1. The molecular formula is C49H29N3. The molecule has 0 fully saturated rings. The Bertz CT molecular complexity index is 3240. The number of fused-ring (bicyclic) bond motifs is 12. The number of nitrogens with zero attached hydrogens (tertiary/aromatic N) is 3. The Kier molecular flexibility index (Phi) is 6.25. The Balaban J connectivity index is 1.18. The van der Waals surface area contributed by atoms with Crippen LogP contribution in [0, 0.1) is 0 Å². The highest BCUT2D eigenvalue weighted by atomic mass is 14.8. The zero-order chi connectivity index (χ0) is 34.2. The van der Waals surface area contributed by atoms with Crippen LogP contribution in [-0.4, -0.2) is 15.0 Å². The number of para-hydroxylation sites is 1. The van der Waals surface area contributed by atoms with Gasteiger partial charge in [-0.2, -0.15) is 0 Å². The second kappa shape index (κ2) is 11.3. The minimum atomic E-state index is 0.904. The number of pyridine rings is 3. The van der Waals surface area contributed by atoms with Crippen molar-refractivity contribution in [2.24, 2.45) is 0 Å². The molecule has 11 rings (SSSR count). The lowest BCUT2D eigenvalue weighted by molar-refractivity contribution is 1.37. The third-order valence-electron chi connectivity index (χ3n) is 10.6. The summed E-state index contributed by atoms with van der Waals surface area (Å²) >= 11 is 0. The monoisotopic (exact) mass is 659 g/mol. The Hall–Kier alpha value is -6.97. The summed E-state index contributed by atoms with van der Waals surface area (Å²) in [6.07, 6.45) is 0. The molecule has 0 saturated carbocycles. The molecule has 0 radical (unpaired) electrons. The van der Waals surface area contributed by atoms with E-state index in [2.05, 4.69) is 170 Å². The van der Waals surface area contributed by atoms with E-state index in [0.717, 1.165) is 71.9 Å². The maximum atomic E-state index is 5.47. The number of hydrogen-bond donors (Lipinski definition) is 0. The molecule has 3 heterocycles. The molecule has 3 nitrogen and oxygen atoms in total. The number of benzene rings is 8. The summed E-state index contributed by atoms with van der Waals surface area (Å²) < 4.78 is 0. The van der Waals surface area contributed by atoms with Gasteiger partial charge in [0.15, 0.2) is 0 Å². The molecular weight excluding hydrogens is 631 g/mol. The topological polar surface area (TPSA) is 38.7 Å². The van der Waals surface area contributed by atoms with Crippen LogP contribution in [0.1, 0.15) is 0 Å². The highest BCUT2D eigenvalue weighted by molar-refractivity contribution is 6.34. The average molecular weight is 660 g/mol. The van der Waals surface area contributed by atoms with Crippen molar-refractivity contribution in [2.45, 2.75) is 0 Å². The summed E-state index contributed by atoms with van der Waals surface area (Å²) in [6.45, 7) is 0. The van der Waals surface area contributed by atoms with Crippen molar-refractivity contribution in [3.05, 3.63) is 176 Å². The van der Waals surface area contributed by atoms with Gasteiger partial charge in [-0.05, 0) is 50.5 Å². The number of rotatable bonds is 3. The summed E-state index contributed by atoms with van der Waals surface area (Å²) in [5.74, 6) is 0. The van der Waals surface area contributed by atoms with E-state index < -0.39 is 0 Å². The van der Waals surface area contributed by atoms with E-state index in [1.165, 1.54) is 37.7 Å². The van der Waals surface area contributed by atoms with E-state index in [-0.39, 0.29) is 0 Å². The Labute approximate surface area is 299 Å². The fraction of sp³-hybridized carbons (Fsp3) is 0. The molecule has 11 aromatic rings. The third kappa shape index (κ3) is 4.30. The van der Waals surface area contributed by atoms with Crippen LogP contribution in [0.3, 0.4) is 0 Å². The molecule has 0 aliphatic heterocycles. The lowest BCUT2D eigenvalue weighted by Gasteiger charge is -2.18. The fourth-order valence-electron chi connectivity index (χ4n) is 8.24. The Morgan fingerprint density at radius 1 is 0.288 bits per heavy atom. The average Bonchev–Trinajstić information content (AvgIpc) is 3.22. The van der Waals surface area contributed by atoms with Gasteiger partial charge >= 0.3 is 0 Å². The predicted octanol–water partition coefficient (Wildman–Crippen LogP) is 12.9. The maximum Gasteiger partial charge on any atom is 0.0972 e. The summed E-state index contributed by atoms with van der Waals surface area (Å²) in [6, 6.07) is 62.5. The van der Waals surface area contributed by atoms with Crippen molar-refractivity contribution < 1.29 is 0 Å². The summed E-state index contributed by atoms with van der Waals surface area (Å²) in [4.78, 5) is 16.0. The van der Waals surface area contributed by atoms with Crippen molar-refractivity contribution in [1.29, 1.82) is 0 Å². The van der Waals surface area contributed by atoms with Crippen LogP contribution >= 0.6 is 0 Å². The van der Waals surface area contributed by atoms with E-state index in [1.54, 1.807) is 0 Å². The lowest BCUT2D eigenvalue weighted by atomic mass is 9.88. The molecule has 0 spiro atoms. The van der Waals surface area contributed by atoms with Crippen LogP contribution < -0.4 is 0 Å². The van der Waals surface area contributed by atoms with Crippen LogP contribution in [0.25, 0.3) is 110 Å². The van der Waals surface area contributed by atoms with E-state index in [1.807, 2.05) is 6.07 Å². The molecule has 0 bridgehead atoms. The highest BCUT2D eigenvalue weighted by Gasteiger charge is 2.20. The number of aromatic nitrogens is 3. The molecule has 0 aliphatic rings. The first-order chi connectivity index (χ1) is 25.8. The first kappa shape index (κ1) is 28.8. The van der Waals surface area contributed by atoms with Crippen LogP contribution in [0.5, 0.6) is 0 Å². The molecule has 0 atom stereocenters. The molecule has 8 aromatic carbocycles. The van der Waals surface area contributed by atoms with Gasteiger partial charge in [-0.25, -0.2) is 15.0 Å². The zero-order valence-electron chi connectivity index (χ0n) is 28.1. The van der Waals surface area contributed by atoms with Crippen molar-refractivity contribution in [1.82, 2.24) is 15.0 Å². The Morgan fingerprint density at radius 2 is 0.769 bits per heavy atom. The van der Waals surface area contributed by atoms with Gasteiger partial charge in [0.05, 0.1) is 33.6 Å². The van der Waals surface area contributed by atoms with Gasteiger partial charge in [-0.15, -0.1) is 0 Å². The second-order valence-corrected chi connectivity index (χ2v) is 13.5. The van der Waals surface area contributed by atoms with E-state index in [0.29, 0.717) is 0 Å². The van der Waals surface area contributed by atoms with Crippen molar-refractivity contribution >= 4 is 75.8 Å². The van der Waals surface area contributed by atoms with E-state index in [4.69, 9.17) is 15.0 Å². The van der Waals surface area contributed by atoms with Crippen LogP contribution in [0.15, 0.2) is 176 Å². The molecule has 0 unspecified atom stereocenters.